The second kappa shape index (κ2) is 6.35. The van der Waals surface area contributed by atoms with Gasteiger partial charge in [-0.3, -0.25) is 0 Å². The number of aryl methyl sites for hydroxylation is 1. The zero-order chi connectivity index (χ0) is 18.2. The van der Waals surface area contributed by atoms with E-state index in [4.69, 9.17) is 9.47 Å². The summed E-state index contributed by atoms with van der Waals surface area (Å²) in [5.74, 6) is -0.653. The Hall–Kier alpha value is -2.63. The minimum absolute atomic E-state index is 0.0520. The van der Waals surface area contributed by atoms with Gasteiger partial charge in [-0.25, -0.2) is 14.6 Å². The number of hydrogen-bond acceptors (Lipinski definition) is 8. The number of hydrogen-bond donors (Lipinski definition) is 0. The standard InChI is InChI=1S/C13H11F3N6O2S/c1-22-12(19-20-21-22)25-10-6-4-8(23-2)9(24-3)5-7(6)17-11(18-10)13(14,15)16/h4-5H,1-3H3. The van der Waals surface area contributed by atoms with E-state index in [2.05, 4.69) is 25.5 Å². The van der Waals surface area contributed by atoms with E-state index < -0.39 is 12.0 Å². The number of nitrogens with zero attached hydrogens (tertiary/aromatic N) is 6. The number of rotatable bonds is 4. The van der Waals surface area contributed by atoms with Crippen LogP contribution < -0.4 is 9.47 Å². The van der Waals surface area contributed by atoms with Crippen molar-refractivity contribution >= 4 is 22.7 Å². The van der Waals surface area contributed by atoms with Gasteiger partial charge in [0.05, 0.1) is 19.7 Å². The predicted octanol–water partition coefficient (Wildman–Crippen LogP) is 2.34. The monoisotopic (exact) mass is 372 g/mol. The van der Waals surface area contributed by atoms with Crippen LogP contribution in [0.4, 0.5) is 13.2 Å². The normalized spacial score (nSPS) is 11.8. The van der Waals surface area contributed by atoms with Crippen molar-refractivity contribution in [1.82, 2.24) is 30.2 Å². The fraction of sp³-hybridized carbons (Fsp3) is 0.308. The molecule has 25 heavy (non-hydrogen) atoms. The lowest BCUT2D eigenvalue weighted by molar-refractivity contribution is -0.145. The molecule has 0 fully saturated rings. The van der Waals surface area contributed by atoms with Crippen molar-refractivity contribution in [3.8, 4) is 11.5 Å². The molecule has 3 rings (SSSR count). The van der Waals surface area contributed by atoms with Crippen LogP contribution in [0.15, 0.2) is 22.3 Å². The predicted molar refractivity (Wildman–Crippen MR) is 80.6 cm³/mol. The molecule has 0 N–H and O–H groups in total. The number of methoxy groups -OCH3 is 2. The number of fused-ring (bicyclic) bond motifs is 1. The number of alkyl halides is 3. The zero-order valence-electron chi connectivity index (χ0n) is 13.2. The molecule has 2 aromatic heterocycles. The number of tetrazole rings is 1. The van der Waals surface area contributed by atoms with Crippen LogP contribution in [0.25, 0.3) is 10.9 Å². The molecule has 0 aliphatic heterocycles. The van der Waals surface area contributed by atoms with Crippen LogP contribution in [0, 0.1) is 0 Å². The van der Waals surface area contributed by atoms with E-state index >= 15 is 0 Å². The first-order valence-corrected chi connectivity index (χ1v) is 7.56. The second-order valence-electron chi connectivity index (χ2n) is 4.76. The third-order valence-corrected chi connectivity index (χ3v) is 4.22. The van der Waals surface area contributed by atoms with Crippen molar-refractivity contribution in [2.24, 2.45) is 7.05 Å². The highest BCUT2D eigenvalue weighted by atomic mass is 32.2. The Bertz CT molecular complexity index is 930. The lowest BCUT2D eigenvalue weighted by atomic mass is 10.2. The van der Waals surface area contributed by atoms with Crippen LogP contribution in [-0.2, 0) is 13.2 Å². The van der Waals surface area contributed by atoms with E-state index in [-0.39, 0.29) is 21.4 Å². The van der Waals surface area contributed by atoms with Gasteiger partial charge in [0.2, 0.25) is 11.0 Å². The Kier molecular flexibility index (Phi) is 4.37. The molecule has 0 atom stereocenters. The molecule has 0 bridgehead atoms. The first-order chi connectivity index (χ1) is 11.8. The maximum absolute atomic E-state index is 13.1. The Morgan fingerprint density at radius 2 is 1.76 bits per heavy atom. The summed E-state index contributed by atoms with van der Waals surface area (Å²) in [5, 5.41) is 11.6. The molecule has 0 amide bonds. The molecule has 8 nitrogen and oxygen atoms in total. The highest BCUT2D eigenvalue weighted by Gasteiger charge is 2.36. The van der Waals surface area contributed by atoms with Crippen LogP contribution in [0.2, 0.25) is 0 Å². The third kappa shape index (κ3) is 3.29. The minimum atomic E-state index is -4.70. The van der Waals surface area contributed by atoms with Gasteiger partial charge in [-0.15, -0.1) is 5.10 Å². The van der Waals surface area contributed by atoms with Crippen LogP contribution in [0.3, 0.4) is 0 Å². The molecule has 0 radical (unpaired) electrons. The average Bonchev–Trinajstić information content (AvgIpc) is 2.97. The third-order valence-electron chi connectivity index (χ3n) is 3.19. The first kappa shape index (κ1) is 17.2. The van der Waals surface area contributed by atoms with Crippen molar-refractivity contribution < 1.29 is 22.6 Å². The topological polar surface area (TPSA) is 87.8 Å². The van der Waals surface area contributed by atoms with Gasteiger partial charge in [0.1, 0.15) is 5.03 Å². The number of ether oxygens (including phenoxy) is 2. The molecule has 0 saturated carbocycles. The average molecular weight is 372 g/mol. The maximum Gasteiger partial charge on any atom is 0.451 e. The van der Waals surface area contributed by atoms with Gasteiger partial charge < -0.3 is 9.47 Å². The fourth-order valence-electron chi connectivity index (χ4n) is 2.03. The van der Waals surface area contributed by atoms with Crippen LogP contribution in [0.5, 0.6) is 11.5 Å². The van der Waals surface area contributed by atoms with Gasteiger partial charge in [0.25, 0.3) is 0 Å². The highest BCUT2D eigenvalue weighted by molar-refractivity contribution is 7.99. The Morgan fingerprint density at radius 1 is 1.08 bits per heavy atom. The summed E-state index contributed by atoms with van der Waals surface area (Å²) in [6.07, 6.45) is -4.70. The molecule has 0 spiro atoms. The summed E-state index contributed by atoms with van der Waals surface area (Å²) in [5.41, 5.74) is 0.0672. The van der Waals surface area contributed by atoms with Crippen molar-refractivity contribution in [2.45, 2.75) is 16.4 Å². The van der Waals surface area contributed by atoms with Crippen molar-refractivity contribution in [2.75, 3.05) is 14.2 Å². The maximum atomic E-state index is 13.1. The zero-order valence-corrected chi connectivity index (χ0v) is 14.0. The summed E-state index contributed by atoms with van der Waals surface area (Å²) in [7, 11) is 4.38. The van der Waals surface area contributed by atoms with Crippen molar-refractivity contribution in [3.05, 3.63) is 18.0 Å². The highest BCUT2D eigenvalue weighted by Crippen LogP contribution is 2.38. The number of halogens is 3. The van der Waals surface area contributed by atoms with E-state index in [1.807, 2.05) is 0 Å². The van der Waals surface area contributed by atoms with E-state index in [0.717, 1.165) is 11.8 Å². The lowest BCUT2D eigenvalue weighted by Crippen LogP contribution is -2.12. The van der Waals surface area contributed by atoms with Crippen LogP contribution in [-0.4, -0.2) is 44.4 Å². The largest absolute Gasteiger partial charge is 0.493 e. The van der Waals surface area contributed by atoms with Crippen LogP contribution >= 0.6 is 11.8 Å². The van der Waals surface area contributed by atoms with Crippen LogP contribution in [0.1, 0.15) is 5.82 Å². The summed E-state index contributed by atoms with van der Waals surface area (Å²) in [6, 6.07) is 2.88. The van der Waals surface area contributed by atoms with E-state index in [9.17, 15) is 13.2 Å². The summed E-state index contributed by atoms with van der Waals surface area (Å²) in [6.45, 7) is 0. The van der Waals surface area contributed by atoms with Gasteiger partial charge in [0.15, 0.2) is 11.5 Å². The molecule has 2 heterocycles. The van der Waals surface area contributed by atoms with Gasteiger partial charge in [0, 0.05) is 18.5 Å². The molecule has 132 valence electrons. The van der Waals surface area contributed by atoms with Gasteiger partial charge in [-0.05, 0) is 28.3 Å². The number of benzene rings is 1. The van der Waals surface area contributed by atoms with E-state index in [0.29, 0.717) is 11.1 Å². The molecule has 3 aromatic rings. The molecule has 0 saturated heterocycles. The molecular formula is C13H11F3N6O2S. The van der Waals surface area contributed by atoms with Gasteiger partial charge >= 0.3 is 6.18 Å². The number of aromatic nitrogens is 6. The van der Waals surface area contributed by atoms with Crippen molar-refractivity contribution in [3.63, 3.8) is 0 Å². The Balaban J connectivity index is 2.25. The molecular weight excluding hydrogens is 361 g/mol. The quantitative estimate of drug-likeness (QED) is 0.645. The SMILES string of the molecule is COc1cc2nc(C(F)(F)F)nc(Sc3nnnn3C)c2cc1OC. The molecule has 0 aliphatic carbocycles. The molecule has 1 aromatic carbocycles. The van der Waals surface area contributed by atoms with Crippen molar-refractivity contribution in [1.29, 1.82) is 0 Å². The summed E-state index contributed by atoms with van der Waals surface area (Å²) in [4.78, 5) is 7.24. The Morgan fingerprint density at radius 3 is 2.32 bits per heavy atom. The van der Waals surface area contributed by atoms with Gasteiger partial charge in [-0.2, -0.15) is 13.2 Å². The first-order valence-electron chi connectivity index (χ1n) is 6.74. The Labute approximate surface area is 143 Å². The smallest absolute Gasteiger partial charge is 0.451 e. The summed E-state index contributed by atoms with van der Waals surface area (Å²) < 4.78 is 51.1. The fourth-order valence-corrected chi connectivity index (χ4v) is 2.85. The molecule has 12 heteroatoms. The summed E-state index contributed by atoms with van der Waals surface area (Å²) >= 11 is 0.893. The minimum Gasteiger partial charge on any atom is -0.493 e. The molecule has 0 aliphatic rings. The lowest BCUT2D eigenvalue weighted by Gasteiger charge is -2.13. The molecule has 0 unspecified atom stereocenters. The van der Waals surface area contributed by atoms with E-state index in [1.165, 1.54) is 31.0 Å². The second-order valence-corrected chi connectivity index (χ2v) is 5.72. The van der Waals surface area contributed by atoms with E-state index in [1.54, 1.807) is 7.05 Å². The van der Waals surface area contributed by atoms with Gasteiger partial charge in [-0.1, -0.05) is 0 Å².